The van der Waals surface area contributed by atoms with Crippen LogP contribution >= 0.6 is 0 Å². The molecular formula is C54H59N3O12S2. The second-order valence-corrected chi connectivity index (χ2v) is 20.9. The number of carbonyl (C=O) groups excluding carboxylic acids is 4. The molecule has 1 aliphatic rings. The molecule has 0 radical (unpaired) electrons. The van der Waals surface area contributed by atoms with Crippen LogP contribution in [0.25, 0.3) is 0 Å². The molecule has 0 unspecified atom stereocenters. The fourth-order valence-electron chi connectivity index (χ4n) is 7.45. The topological polar surface area (TPSA) is 201 Å². The number of carbonyl (C=O) groups is 4. The van der Waals surface area contributed by atoms with E-state index in [4.69, 9.17) is 18.9 Å². The second kappa shape index (κ2) is 26.6. The molecule has 0 aliphatic carbocycles. The molecule has 0 spiro atoms. The van der Waals surface area contributed by atoms with Gasteiger partial charge < -0.3 is 34.5 Å². The summed E-state index contributed by atoms with van der Waals surface area (Å²) in [4.78, 5) is 54.2. The van der Waals surface area contributed by atoms with Crippen LogP contribution in [0.1, 0.15) is 61.4 Å². The van der Waals surface area contributed by atoms with Crippen LogP contribution in [0, 0.1) is 31.6 Å². The predicted octanol–water partition coefficient (Wildman–Crippen LogP) is 5.69. The van der Waals surface area contributed by atoms with Crippen molar-refractivity contribution in [2.75, 3.05) is 82.4 Å². The number of para-hydroxylation sites is 1. The van der Waals surface area contributed by atoms with Crippen molar-refractivity contribution in [3.05, 3.63) is 160 Å². The highest BCUT2D eigenvalue weighted by Crippen LogP contribution is 2.27. The van der Waals surface area contributed by atoms with Gasteiger partial charge in [0.05, 0.1) is 92.3 Å². The zero-order valence-electron chi connectivity index (χ0n) is 39.9. The molecule has 0 aromatic heterocycles. The lowest BCUT2D eigenvalue weighted by atomic mass is 9.99. The Labute approximate surface area is 416 Å². The van der Waals surface area contributed by atoms with Crippen LogP contribution in [0.2, 0.25) is 0 Å². The van der Waals surface area contributed by atoms with E-state index in [2.05, 4.69) is 22.5 Å². The van der Waals surface area contributed by atoms with Crippen LogP contribution in [0.5, 0.6) is 0 Å². The maximum atomic E-state index is 13.8. The molecule has 1 heterocycles. The number of aryl methyl sites for hydroxylation is 2. The second-order valence-electron chi connectivity index (χ2n) is 16.8. The number of hydrogen-bond donors (Lipinski definition) is 2. The van der Waals surface area contributed by atoms with Gasteiger partial charge >= 0.3 is 0 Å². The molecule has 3 amide bonds. The Balaban J connectivity index is 0.802. The summed E-state index contributed by atoms with van der Waals surface area (Å²) in [7, 11) is -8.11. The summed E-state index contributed by atoms with van der Waals surface area (Å²) in [5.41, 5.74) is 5.31. The Hall–Kier alpha value is -6.52. The van der Waals surface area contributed by atoms with Gasteiger partial charge in [-0.1, -0.05) is 89.7 Å². The summed E-state index contributed by atoms with van der Waals surface area (Å²) in [5, 5.41) is 5.53. The Morgan fingerprint density at radius 3 is 1.58 bits per heavy atom. The number of ketones is 1. The minimum absolute atomic E-state index is 0.0154. The Morgan fingerprint density at radius 1 is 0.549 bits per heavy atom. The van der Waals surface area contributed by atoms with Gasteiger partial charge in [0, 0.05) is 48.2 Å². The first-order valence-corrected chi connectivity index (χ1v) is 26.6. The van der Waals surface area contributed by atoms with Crippen molar-refractivity contribution in [3.8, 4) is 11.8 Å². The summed E-state index contributed by atoms with van der Waals surface area (Å²) >= 11 is 0. The number of nitrogens with one attached hydrogen (secondary N) is 2. The molecule has 15 nitrogen and oxygen atoms in total. The van der Waals surface area contributed by atoms with Crippen LogP contribution in [0.3, 0.4) is 0 Å². The number of sulfone groups is 2. The first-order chi connectivity index (χ1) is 34.2. The van der Waals surface area contributed by atoms with Gasteiger partial charge in [-0.2, -0.15) is 0 Å². The Morgan fingerprint density at radius 2 is 1.01 bits per heavy atom. The molecule has 374 valence electrons. The minimum Gasteiger partial charge on any atom is -0.377 e. The average Bonchev–Trinajstić information content (AvgIpc) is 3.35. The van der Waals surface area contributed by atoms with E-state index < -0.39 is 48.8 Å². The maximum Gasteiger partial charge on any atom is 0.251 e. The normalized spacial score (nSPS) is 12.2. The van der Waals surface area contributed by atoms with E-state index >= 15 is 0 Å². The maximum absolute atomic E-state index is 13.8. The van der Waals surface area contributed by atoms with Crippen molar-refractivity contribution in [2.24, 2.45) is 5.92 Å². The summed E-state index contributed by atoms with van der Waals surface area (Å²) in [6.45, 7) is 6.92. The van der Waals surface area contributed by atoms with Crippen molar-refractivity contribution in [2.45, 2.75) is 43.0 Å². The van der Waals surface area contributed by atoms with Crippen molar-refractivity contribution in [1.29, 1.82) is 0 Å². The number of Topliss-reactive ketones (excluding diaryl/α,β-unsaturated/α-hetero) is 1. The lowest BCUT2D eigenvalue weighted by molar-refractivity contribution is -0.125. The molecule has 71 heavy (non-hydrogen) atoms. The van der Waals surface area contributed by atoms with Crippen LogP contribution in [-0.2, 0) is 54.8 Å². The van der Waals surface area contributed by atoms with E-state index in [9.17, 15) is 36.0 Å². The highest BCUT2D eigenvalue weighted by Gasteiger charge is 2.33. The van der Waals surface area contributed by atoms with E-state index in [-0.39, 0.29) is 71.9 Å². The number of amides is 3. The lowest BCUT2D eigenvalue weighted by Gasteiger charge is -2.26. The van der Waals surface area contributed by atoms with Crippen LogP contribution in [-0.4, -0.2) is 118 Å². The summed E-state index contributed by atoms with van der Waals surface area (Å²) in [6, 6.07) is 33.1. The van der Waals surface area contributed by atoms with Crippen molar-refractivity contribution < 1.29 is 55.0 Å². The number of rotatable bonds is 27. The van der Waals surface area contributed by atoms with E-state index in [1.165, 1.54) is 48.5 Å². The van der Waals surface area contributed by atoms with Crippen molar-refractivity contribution in [1.82, 2.24) is 10.6 Å². The monoisotopic (exact) mass is 1010 g/mol. The first-order valence-electron chi connectivity index (χ1n) is 23.3. The van der Waals surface area contributed by atoms with Gasteiger partial charge in [0.15, 0.2) is 25.5 Å². The van der Waals surface area contributed by atoms with Crippen molar-refractivity contribution >= 4 is 48.9 Å². The Bertz CT molecular complexity index is 2820. The largest absolute Gasteiger partial charge is 0.377 e. The third kappa shape index (κ3) is 16.5. The van der Waals surface area contributed by atoms with Crippen LogP contribution in [0.4, 0.5) is 5.69 Å². The molecular weight excluding hydrogens is 947 g/mol. The smallest absolute Gasteiger partial charge is 0.251 e. The fraction of sp³-hybridized carbons (Fsp3) is 0.333. The summed E-state index contributed by atoms with van der Waals surface area (Å²) in [6.07, 6.45) is 0.0968. The molecule has 2 N–H and O–H groups in total. The molecule has 17 heteroatoms. The molecule has 6 rings (SSSR count). The molecule has 0 bridgehead atoms. The quantitative estimate of drug-likeness (QED) is 0.0371. The first kappa shape index (κ1) is 53.8. The molecule has 0 fully saturated rings. The highest BCUT2D eigenvalue weighted by atomic mass is 32.2. The summed E-state index contributed by atoms with van der Waals surface area (Å²) < 4.78 is 75.9. The number of ether oxygens (including phenoxy) is 4. The van der Waals surface area contributed by atoms with Gasteiger partial charge in [0.1, 0.15) is 0 Å². The standard InChI is InChI=1S/C54H59N3O12S2/c1-40-11-21-48(22-12-40)70(62,63)38-47(39-71(64,65)49-23-13-41(2)14-24-49)53(60)44-17-19-45(20-18-44)54(61)56-28-30-67-32-34-69-36-35-68-33-31-66-29-27-55-51(58)25-26-52(59)57-37-46-9-4-3-7-42(46)15-16-43-8-5-6-10-50(43)57/h3-14,17-24,47H,25-39H2,1-2H3,(H,55,58)(H,56,61). The molecule has 0 saturated carbocycles. The van der Waals surface area contributed by atoms with Crippen LogP contribution < -0.4 is 15.5 Å². The molecule has 5 aromatic carbocycles. The van der Waals surface area contributed by atoms with Gasteiger partial charge in [-0.05, 0) is 74.0 Å². The Kier molecular flexibility index (Phi) is 20.2. The van der Waals surface area contributed by atoms with E-state index in [1.807, 2.05) is 62.4 Å². The molecule has 0 saturated heterocycles. The van der Waals surface area contributed by atoms with Crippen LogP contribution in [0.15, 0.2) is 131 Å². The minimum atomic E-state index is -4.05. The molecule has 1 aliphatic heterocycles. The number of nitrogens with zero attached hydrogens (tertiary/aromatic N) is 1. The summed E-state index contributed by atoms with van der Waals surface area (Å²) in [5.74, 6) is 2.02. The molecule has 0 atom stereocenters. The third-order valence-electron chi connectivity index (χ3n) is 11.4. The third-order valence-corrected chi connectivity index (χ3v) is 15.0. The van der Waals surface area contributed by atoms with Gasteiger partial charge in [-0.15, -0.1) is 0 Å². The van der Waals surface area contributed by atoms with Crippen molar-refractivity contribution in [3.63, 3.8) is 0 Å². The number of anilines is 1. The van der Waals surface area contributed by atoms with Gasteiger partial charge in [0.2, 0.25) is 11.8 Å². The number of fused-ring (bicyclic) bond motifs is 2. The fourth-order valence-corrected chi connectivity index (χ4v) is 10.7. The highest BCUT2D eigenvalue weighted by molar-refractivity contribution is 7.92. The van der Waals surface area contributed by atoms with E-state index in [0.717, 1.165) is 33.5 Å². The number of benzene rings is 5. The zero-order valence-corrected chi connectivity index (χ0v) is 41.5. The lowest BCUT2D eigenvalue weighted by Crippen LogP contribution is -2.34. The average molecular weight is 1010 g/mol. The predicted molar refractivity (Wildman–Crippen MR) is 269 cm³/mol. The van der Waals surface area contributed by atoms with Gasteiger partial charge in [-0.3, -0.25) is 19.2 Å². The zero-order chi connectivity index (χ0) is 50.6. The molecule has 5 aromatic rings. The number of hydrogen-bond acceptors (Lipinski definition) is 12. The van der Waals surface area contributed by atoms with Gasteiger partial charge in [0.25, 0.3) is 5.91 Å². The van der Waals surface area contributed by atoms with E-state index in [0.29, 0.717) is 46.1 Å². The SMILES string of the molecule is Cc1ccc(S(=O)(=O)CC(CS(=O)(=O)c2ccc(C)cc2)C(=O)c2ccc(C(=O)NCCOCCOCCOCCOCCNC(=O)CCC(=O)N3Cc4ccccc4C#Cc4ccccc43)cc2)cc1. The van der Waals surface area contributed by atoms with Gasteiger partial charge in [-0.25, -0.2) is 16.8 Å². The van der Waals surface area contributed by atoms with E-state index in [1.54, 1.807) is 29.2 Å².